The van der Waals surface area contributed by atoms with Crippen LogP contribution in [-0.4, -0.2) is 12.1 Å². The maximum absolute atomic E-state index is 5.85. The highest BCUT2D eigenvalue weighted by atomic mass is 32.1. The number of nitrogens with two attached hydrogens (primary N) is 1. The second-order valence-electron chi connectivity index (χ2n) is 4.33. The average Bonchev–Trinajstić information content (AvgIpc) is 2.81. The monoisotopic (exact) mass is 278 g/mol. The molecule has 2 rings (SSSR count). The fraction of sp³-hybridized carbons (Fsp3) is 0.357. The number of benzene rings is 1. The highest BCUT2D eigenvalue weighted by molar-refractivity contribution is 7.11. The zero-order valence-electron chi connectivity index (χ0n) is 11.3. The van der Waals surface area contributed by atoms with E-state index in [-0.39, 0.29) is 6.04 Å². The molecule has 2 aromatic rings. The highest BCUT2D eigenvalue weighted by Gasteiger charge is 2.09. The number of aryl methyl sites for hydroxylation is 1. The summed E-state index contributed by atoms with van der Waals surface area (Å²) in [7, 11) is 1.63. The first-order chi connectivity index (χ1) is 9.10. The number of nitrogens with zero attached hydrogens (tertiary/aromatic N) is 1. The summed E-state index contributed by atoms with van der Waals surface area (Å²) in [6.07, 6.45) is 1.84. The molecule has 1 atom stereocenters. The minimum atomic E-state index is -0.0212. The van der Waals surface area contributed by atoms with Crippen LogP contribution in [0.3, 0.4) is 0 Å². The van der Waals surface area contributed by atoms with Crippen molar-refractivity contribution in [1.29, 1.82) is 0 Å². The Hall–Kier alpha value is -1.59. The van der Waals surface area contributed by atoms with Gasteiger partial charge in [-0.2, -0.15) is 0 Å². The highest BCUT2D eigenvalue weighted by Crippen LogP contribution is 2.30. The van der Waals surface area contributed by atoms with E-state index < -0.39 is 0 Å². The largest absolute Gasteiger partial charge is 0.493 e. The summed E-state index contributed by atoms with van der Waals surface area (Å²) in [5, 5.41) is 1.04. The molecule has 1 unspecified atom stereocenters. The van der Waals surface area contributed by atoms with Crippen LogP contribution in [0.2, 0.25) is 0 Å². The number of hydrogen-bond donors (Lipinski definition) is 1. The van der Waals surface area contributed by atoms with Crippen LogP contribution < -0.4 is 15.2 Å². The second kappa shape index (κ2) is 6.04. The van der Waals surface area contributed by atoms with E-state index in [2.05, 4.69) is 4.98 Å². The molecule has 0 aliphatic rings. The minimum absolute atomic E-state index is 0.0212. The van der Waals surface area contributed by atoms with Crippen molar-refractivity contribution in [2.45, 2.75) is 26.5 Å². The molecule has 0 aliphatic heterocycles. The van der Waals surface area contributed by atoms with Gasteiger partial charge in [0.15, 0.2) is 11.5 Å². The first-order valence-corrected chi connectivity index (χ1v) is 6.89. The van der Waals surface area contributed by atoms with E-state index in [4.69, 9.17) is 15.2 Å². The fourth-order valence-electron chi connectivity index (χ4n) is 1.71. The van der Waals surface area contributed by atoms with Gasteiger partial charge in [-0.15, -0.1) is 11.3 Å². The van der Waals surface area contributed by atoms with Crippen LogP contribution in [0.15, 0.2) is 24.4 Å². The fourth-order valence-corrected chi connectivity index (χ4v) is 2.42. The molecule has 1 heterocycles. The van der Waals surface area contributed by atoms with Crippen LogP contribution in [0, 0.1) is 6.92 Å². The molecule has 0 spiro atoms. The van der Waals surface area contributed by atoms with Crippen molar-refractivity contribution in [3.63, 3.8) is 0 Å². The van der Waals surface area contributed by atoms with E-state index >= 15 is 0 Å². The lowest BCUT2D eigenvalue weighted by molar-refractivity contribution is 0.287. The molecule has 0 saturated carbocycles. The molecular weight excluding hydrogens is 260 g/mol. The number of thiazole rings is 1. The Kier molecular flexibility index (Phi) is 4.39. The van der Waals surface area contributed by atoms with Crippen molar-refractivity contribution in [2.75, 3.05) is 7.11 Å². The molecule has 102 valence electrons. The molecule has 0 saturated heterocycles. The van der Waals surface area contributed by atoms with Crippen LogP contribution >= 0.6 is 11.3 Å². The zero-order valence-corrected chi connectivity index (χ0v) is 12.2. The first-order valence-electron chi connectivity index (χ1n) is 6.07. The van der Waals surface area contributed by atoms with Gasteiger partial charge in [-0.3, -0.25) is 0 Å². The maximum atomic E-state index is 5.85. The van der Waals surface area contributed by atoms with Gasteiger partial charge in [0.05, 0.1) is 17.0 Å². The summed E-state index contributed by atoms with van der Waals surface area (Å²) in [5.74, 6) is 1.42. The molecule has 0 bridgehead atoms. The molecule has 1 aromatic heterocycles. The summed E-state index contributed by atoms with van der Waals surface area (Å²) in [6.45, 7) is 4.42. The molecule has 1 aromatic carbocycles. The molecule has 4 nitrogen and oxygen atoms in total. The van der Waals surface area contributed by atoms with E-state index in [1.165, 1.54) is 0 Å². The third kappa shape index (κ3) is 3.45. The van der Waals surface area contributed by atoms with Crippen LogP contribution in [0.5, 0.6) is 11.5 Å². The Labute approximate surface area is 117 Å². The number of methoxy groups -OCH3 is 1. The average molecular weight is 278 g/mol. The maximum Gasteiger partial charge on any atom is 0.161 e. The predicted octanol–water partition coefficient (Wildman–Crippen LogP) is 3.06. The second-order valence-corrected chi connectivity index (χ2v) is 5.65. The zero-order chi connectivity index (χ0) is 13.8. The van der Waals surface area contributed by atoms with Crippen LogP contribution in [0.4, 0.5) is 0 Å². The van der Waals surface area contributed by atoms with E-state index in [1.54, 1.807) is 18.4 Å². The van der Waals surface area contributed by atoms with E-state index in [9.17, 15) is 0 Å². The van der Waals surface area contributed by atoms with Gasteiger partial charge in [0.2, 0.25) is 0 Å². The quantitative estimate of drug-likeness (QED) is 0.913. The van der Waals surface area contributed by atoms with Crippen LogP contribution in [-0.2, 0) is 6.61 Å². The molecule has 0 fully saturated rings. The van der Waals surface area contributed by atoms with Crippen LogP contribution in [0.25, 0.3) is 0 Å². The third-order valence-electron chi connectivity index (χ3n) is 2.75. The van der Waals surface area contributed by atoms with Crippen molar-refractivity contribution in [3.05, 3.63) is 39.8 Å². The van der Waals surface area contributed by atoms with E-state index in [0.717, 1.165) is 21.2 Å². The Morgan fingerprint density at radius 3 is 2.74 bits per heavy atom. The van der Waals surface area contributed by atoms with Crippen molar-refractivity contribution in [2.24, 2.45) is 5.73 Å². The summed E-state index contributed by atoms with van der Waals surface area (Å²) in [4.78, 5) is 5.29. The summed E-state index contributed by atoms with van der Waals surface area (Å²) in [6, 6.07) is 5.75. The van der Waals surface area contributed by atoms with Gasteiger partial charge < -0.3 is 15.2 Å². The topological polar surface area (TPSA) is 57.4 Å². The Balaban J connectivity index is 2.11. The first kappa shape index (κ1) is 13.8. The lowest BCUT2D eigenvalue weighted by Gasteiger charge is -2.13. The minimum Gasteiger partial charge on any atom is -0.493 e. The standard InChI is InChI=1S/C14H18N2O2S/c1-9(15)11-4-5-13(14(6-11)17-3)18-8-12-7-16-10(2)19-12/h4-7,9H,8,15H2,1-3H3. The predicted molar refractivity (Wildman–Crippen MR) is 76.8 cm³/mol. The summed E-state index contributed by atoms with van der Waals surface area (Å²) < 4.78 is 11.1. The van der Waals surface area contributed by atoms with Crippen LogP contribution in [0.1, 0.15) is 28.4 Å². The molecular formula is C14H18N2O2S. The molecule has 5 heteroatoms. The molecule has 0 radical (unpaired) electrons. The van der Waals surface area contributed by atoms with Gasteiger partial charge >= 0.3 is 0 Å². The lowest BCUT2D eigenvalue weighted by atomic mass is 10.1. The lowest BCUT2D eigenvalue weighted by Crippen LogP contribution is -2.05. The number of ether oxygens (including phenoxy) is 2. The van der Waals surface area contributed by atoms with Crippen molar-refractivity contribution >= 4 is 11.3 Å². The molecule has 0 aliphatic carbocycles. The van der Waals surface area contributed by atoms with Gasteiger partial charge in [0.1, 0.15) is 6.61 Å². The number of aromatic nitrogens is 1. The van der Waals surface area contributed by atoms with Gasteiger partial charge in [-0.05, 0) is 31.5 Å². The van der Waals surface area contributed by atoms with Crippen molar-refractivity contribution in [1.82, 2.24) is 4.98 Å². The van der Waals surface area contributed by atoms with Crippen molar-refractivity contribution in [3.8, 4) is 11.5 Å². The SMILES string of the molecule is COc1cc(C(C)N)ccc1OCc1cnc(C)s1. The smallest absolute Gasteiger partial charge is 0.161 e. The van der Waals surface area contributed by atoms with Crippen molar-refractivity contribution < 1.29 is 9.47 Å². The molecule has 19 heavy (non-hydrogen) atoms. The van der Waals surface area contributed by atoms with Gasteiger partial charge in [0, 0.05) is 12.2 Å². The van der Waals surface area contributed by atoms with E-state index in [1.807, 2.05) is 38.2 Å². The molecule has 0 amide bonds. The normalized spacial score (nSPS) is 12.2. The van der Waals surface area contributed by atoms with Gasteiger partial charge in [-0.25, -0.2) is 4.98 Å². The van der Waals surface area contributed by atoms with Gasteiger partial charge in [0.25, 0.3) is 0 Å². The summed E-state index contributed by atoms with van der Waals surface area (Å²) in [5.41, 5.74) is 6.88. The van der Waals surface area contributed by atoms with Gasteiger partial charge in [-0.1, -0.05) is 6.07 Å². The number of rotatable bonds is 5. The Bertz CT molecular complexity index is 552. The number of hydrogen-bond acceptors (Lipinski definition) is 5. The Morgan fingerprint density at radius 2 is 2.16 bits per heavy atom. The van der Waals surface area contributed by atoms with E-state index in [0.29, 0.717) is 12.4 Å². The Morgan fingerprint density at radius 1 is 1.37 bits per heavy atom. The summed E-state index contributed by atoms with van der Waals surface area (Å²) >= 11 is 1.63. The third-order valence-corrected chi connectivity index (χ3v) is 3.64. The molecule has 2 N–H and O–H groups in total.